The van der Waals surface area contributed by atoms with Crippen LogP contribution in [0.4, 0.5) is 0 Å². The lowest BCUT2D eigenvalue weighted by Gasteiger charge is -2.16. The molecule has 0 radical (unpaired) electrons. The largest absolute Gasteiger partial charge is 0.465 e. The van der Waals surface area contributed by atoms with E-state index in [0.29, 0.717) is 30.9 Å². The van der Waals surface area contributed by atoms with Crippen LogP contribution in [0.1, 0.15) is 39.9 Å². The molecule has 0 N–H and O–H groups in total. The SMILES string of the molecule is COC(=O)c1sc(Br)c(Br)c1Cn1c(=O)c(C)cn(C2CCCO2)c1=O. The highest BCUT2D eigenvalue weighted by Gasteiger charge is 2.25. The Labute approximate surface area is 169 Å². The van der Waals surface area contributed by atoms with Gasteiger partial charge in [0.1, 0.15) is 11.1 Å². The van der Waals surface area contributed by atoms with Crippen molar-refractivity contribution in [2.75, 3.05) is 13.7 Å². The number of hydrogen-bond donors (Lipinski definition) is 0. The summed E-state index contributed by atoms with van der Waals surface area (Å²) in [5.74, 6) is -0.517. The van der Waals surface area contributed by atoms with Gasteiger partial charge in [0, 0.05) is 28.4 Å². The number of carbonyl (C=O) groups is 1. The van der Waals surface area contributed by atoms with Crippen LogP contribution in [0.25, 0.3) is 0 Å². The van der Waals surface area contributed by atoms with Crippen LogP contribution in [-0.2, 0) is 16.0 Å². The van der Waals surface area contributed by atoms with Crippen molar-refractivity contribution < 1.29 is 14.3 Å². The predicted molar refractivity (Wildman–Crippen MR) is 104 cm³/mol. The normalized spacial score (nSPS) is 16.8. The topological polar surface area (TPSA) is 79.5 Å². The molecular formula is C16H16Br2N2O5S. The number of ether oxygens (including phenoxy) is 2. The van der Waals surface area contributed by atoms with Crippen LogP contribution in [0.5, 0.6) is 0 Å². The first-order chi connectivity index (χ1) is 12.3. The average Bonchev–Trinajstić information content (AvgIpc) is 3.24. The smallest absolute Gasteiger partial charge is 0.348 e. The minimum absolute atomic E-state index is 0.0425. The third kappa shape index (κ3) is 3.47. The fourth-order valence-electron chi connectivity index (χ4n) is 2.86. The number of nitrogens with zero attached hydrogens (tertiary/aromatic N) is 2. The Morgan fingerprint density at radius 3 is 2.77 bits per heavy atom. The van der Waals surface area contributed by atoms with E-state index in [9.17, 15) is 14.4 Å². The lowest BCUT2D eigenvalue weighted by molar-refractivity contribution is 0.0512. The number of carbonyl (C=O) groups excluding carboxylic acids is 1. The Morgan fingerprint density at radius 2 is 2.15 bits per heavy atom. The van der Waals surface area contributed by atoms with Gasteiger partial charge in [0.05, 0.1) is 17.4 Å². The highest BCUT2D eigenvalue weighted by atomic mass is 79.9. The van der Waals surface area contributed by atoms with Gasteiger partial charge in [0.25, 0.3) is 5.56 Å². The molecule has 0 aromatic carbocycles. The van der Waals surface area contributed by atoms with E-state index in [1.165, 1.54) is 29.2 Å². The molecule has 10 heteroatoms. The van der Waals surface area contributed by atoms with Crippen molar-refractivity contribution in [2.45, 2.75) is 32.5 Å². The van der Waals surface area contributed by atoms with Crippen LogP contribution in [0.3, 0.4) is 0 Å². The summed E-state index contributed by atoms with van der Waals surface area (Å²) < 4.78 is 14.3. The minimum Gasteiger partial charge on any atom is -0.465 e. The molecule has 1 unspecified atom stereocenters. The van der Waals surface area contributed by atoms with Crippen LogP contribution < -0.4 is 11.2 Å². The van der Waals surface area contributed by atoms with Gasteiger partial charge in [-0.15, -0.1) is 11.3 Å². The molecule has 0 bridgehead atoms. The third-order valence-corrected chi connectivity index (χ3v) is 7.73. The molecule has 0 spiro atoms. The number of esters is 1. The molecule has 26 heavy (non-hydrogen) atoms. The third-order valence-electron chi connectivity index (χ3n) is 4.17. The van der Waals surface area contributed by atoms with Crippen molar-refractivity contribution in [1.29, 1.82) is 0 Å². The molecule has 140 valence electrons. The molecule has 0 aliphatic carbocycles. The zero-order chi connectivity index (χ0) is 19.0. The number of hydrogen-bond acceptors (Lipinski definition) is 6. The number of aromatic nitrogens is 2. The summed E-state index contributed by atoms with van der Waals surface area (Å²) in [5, 5.41) is 0. The van der Waals surface area contributed by atoms with E-state index in [0.717, 1.165) is 17.4 Å². The van der Waals surface area contributed by atoms with Crippen molar-refractivity contribution in [2.24, 2.45) is 0 Å². The van der Waals surface area contributed by atoms with Crippen molar-refractivity contribution in [3.8, 4) is 0 Å². The maximum Gasteiger partial charge on any atom is 0.348 e. The predicted octanol–water partition coefficient (Wildman–Crippen LogP) is 3.05. The monoisotopic (exact) mass is 506 g/mol. The van der Waals surface area contributed by atoms with Crippen LogP contribution in [0.2, 0.25) is 0 Å². The first-order valence-corrected chi connectivity index (χ1v) is 10.2. The Bertz CT molecular complexity index is 972. The Morgan fingerprint density at radius 1 is 1.42 bits per heavy atom. The van der Waals surface area contributed by atoms with E-state index in [1.54, 1.807) is 6.92 Å². The molecule has 1 fully saturated rings. The van der Waals surface area contributed by atoms with Crippen molar-refractivity contribution in [3.05, 3.63) is 51.3 Å². The van der Waals surface area contributed by atoms with E-state index in [4.69, 9.17) is 9.47 Å². The molecule has 2 aromatic heterocycles. The molecule has 0 amide bonds. The number of halogens is 2. The van der Waals surface area contributed by atoms with Gasteiger partial charge in [-0.2, -0.15) is 0 Å². The van der Waals surface area contributed by atoms with Crippen molar-refractivity contribution in [1.82, 2.24) is 9.13 Å². The van der Waals surface area contributed by atoms with Gasteiger partial charge in [-0.25, -0.2) is 9.59 Å². The van der Waals surface area contributed by atoms with E-state index >= 15 is 0 Å². The van der Waals surface area contributed by atoms with Gasteiger partial charge < -0.3 is 9.47 Å². The zero-order valence-corrected chi connectivity index (χ0v) is 18.1. The molecule has 2 aromatic rings. The number of thiophene rings is 1. The summed E-state index contributed by atoms with van der Waals surface area (Å²) in [6.45, 7) is 2.20. The Kier molecular flexibility index (Phi) is 5.85. The second kappa shape index (κ2) is 7.79. The maximum absolute atomic E-state index is 12.9. The van der Waals surface area contributed by atoms with Gasteiger partial charge in [-0.3, -0.25) is 13.9 Å². The molecule has 3 heterocycles. The van der Waals surface area contributed by atoms with Crippen molar-refractivity contribution >= 4 is 49.2 Å². The van der Waals surface area contributed by atoms with E-state index < -0.39 is 17.2 Å². The van der Waals surface area contributed by atoms with E-state index in [2.05, 4.69) is 31.9 Å². The molecule has 3 rings (SSSR count). The Hall–Kier alpha value is -1.23. The molecular weight excluding hydrogens is 492 g/mol. The number of aryl methyl sites for hydroxylation is 1. The van der Waals surface area contributed by atoms with E-state index in [-0.39, 0.29) is 12.8 Å². The summed E-state index contributed by atoms with van der Waals surface area (Å²) in [6, 6.07) is 0. The quantitative estimate of drug-likeness (QED) is 0.594. The summed E-state index contributed by atoms with van der Waals surface area (Å²) in [4.78, 5) is 37.9. The summed E-state index contributed by atoms with van der Waals surface area (Å²) >= 11 is 7.97. The van der Waals surface area contributed by atoms with Gasteiger partial charge in [-0.1, -0.05) is 0 Å². The maximum atomic E-state index is 12.9. The summed E-state index contributed by atoms with van der Waals surface area (Å²) in [5.41, 5.74) is 0.106. The van der Waals surface area contributed by atoms with E-state index in [1.807, 2.05) is 0 Å². The Balaban J connectivity index is 2.13. The minimum atomic E-state index is -0.517. The molecule has 1 atom stereocenters. The van der Waals surface area contributed by atoms with Gasteiger partial charge in [-0.05, 0) is 51.6 Å². The van der Waals surface area contributed by atoms with Gasteiger partial charge in [0.2, 0.25) is 0 Å². The van der Waals surface area contributed by atoms with Gasteiger partial charge in [0.15, 0.2) is 0 Å². The second-order valence-electron chi connectivity index (χ2n) is 5.85. The fourth-order valence-corrected chi connectivity index (χ4v) is 5.13. The molecule has 1 aliphatic rings. The lowest BCUT2D eigenvalue weighted by atomic mass is 10.2. The first kappa shape index (κ1) is 19.5. The first-order valence-electron chi connectivity index (χ1n) is 7.84. The van der Waals surface area contributed by atoms with Crippen molar-refractivity contribution in [3.63, 3.8) is 0 Å². The van der Waals surface area contributed by atoms with Crippen LogP contribution >= 0.6 is 43.2 Å². The highest BCUT2D eigenvalue weighted by molar-refractivity contribution is 9.13. The fraction of sp³-hybridized carbons (Fsp3) is 0.438. The molecule has 7 nitrogen and oxygen atoms in total. The summed E-state index contributed by atoms with van der Waals surface area (Å²) in [6.07, 6.45) is 2.76. The summed E-state index contributed by atoms with van der Waals surface area (Å²) in [7, 11) is 1.29. The second-order valence-corrected chi connectivity index (χ2v) is 8.98. The zero-order valence-electron chi connectivity index (χ0n) is 14.1. The standard InChI is InChI=1S/C16H16Br2N2O5S/c1-8-6-19(10-4-3-5-25-10)16(23)20(14(8)21)7-9-11(17)13(18)26-12(9)15(22)24-2/h6,10H,3-5,7H2,1-2H3. The van der Waals surface area contributed by atoms with Crippen LogP contribution in [-0.4, -0.2) is 28.8 Å². The highest BCUT2D eigenvalue weighted by Crippen LogP contribution is 2.38. The number of methoxy groups -OCH3 is 1. The van der Waals surface area contributed by atoms with Gasteiger partial charge >= 0.3 is 11.7 Å². The lowest BCUT2D eigenvalue weighted by Crippen LogP contribution is -2.42. The average molecular weight is 508 g/mol. The van der Waals surface area contributed by atoms with Crippen LogP contribution in [0.15, 0.2) is 24.0 Å². The number of rotatable bonds is 4. The van der Waals surface area contributed by atoms with Crippen LogP contribution in [0, 0.1) is 6.92 Å². The molecule has 1 aliphatic heterocycles. The molecule has 0 saturated carbocycles. The molecule has 1 saturated heterocycles.